The second kappa shape index (κ2) is 6.07. The summed E-state index contributed by atoms with van der Waals surface area (Å²) in [5.74, 6) is -0.476. The van der Waals surface area contributed by atoms with Gasteiger partial charge in [-0.15, -0.1) is 0 Å². The molecule has 0 unspecified atom stereocenters. The molecule has 0 saturated heterocycles. The van der Waals surface area contributed by atoms with Crippen LogP contribution in [0.2, 0.25) is 5.02 Å². The first-order chi connectivity index (χ1) is 12.1. The molecule has 7 heteroatoms. The van der Waals surface area contributed by atoms with Crippen molar-refractivity contribution < 1.29 is 9.53 Å². The highest BCUT2D eigenvalue weighted by Crippen LogP contribution is 2.19. The smallest absolute Gasteiger partial charge is 0.340 e. The molecule has 0 aliphatic heterocycles. The van der Waals surface area contributed by atoms with E-state index in [2.05, 4.69) is 9.97 Å². The lowest BCUT2D eigenvalue weighted by Crippen LogP contribution is -2.16. The number of nitrogens with zero attached hydrogens (tertiary/aromatic N) is 2. The Balaban J connectivity index is 1.59. The predicted molar refractivity (Wildman–Crippen MR) is 93.9 cm³/mol. The molecule has 0 amide bonds. The third-order valence-corrected chi connectivity index (χ3v) is 4.06. The highest BCUT2D eigenvalue weighted by atomic mass is 35.5. The third-order valence-electron chi connectivity index (χ3n) is 3.84. The van der Waals surface area contributed by atoms with Gasteiger partial charge in [0, 0.05) is 29.4 Å². The molecule has 4 aromatic rings. The van der Waals surface area contributed by atoms with Crippen LogP contribution in [0.1, 0.15) is 16.1 Å². The molecule has 0 bridgehead atoms. The maximum Gasteiger partial charge on any atom is 0.340 e. The van der Waals surface area contributed by atoms with Crippen LogP contribution < -0.4 is 5.56 Å². The minimum Gasteiger partial charge on any atom is -0.456 e. The van der Waals surface area contributed by atoms with Gasteiger partial charge in [0.1, 0.15) is 12.3 Å². The van der Waals surface area contributed by atoms with Crippen LogP contribution in [-0.4, -0.2) is 20.3 Å². The average molecular weight is 354 g/mol. The zero-order valence-corrected chi connectivity index (χ0v) is 13.7. The summed E-state index contributed by atoms with van der Waals surface area (Å²) in [6.45, 7) is -0.0906. The zero-order valence-electron chi connectivity index (χ0n) is 12.9. The Hall–Kier alpha value is -3.12. The number of pyridine rings is 1. The maximum atomic E-state index is 12.3. The zero-order chi connectivity index (χ0) is 17.4. The van der Waals surface area contributed by atoms with Gasteiger partial charge < -0.3 is 9.72 Å². The van der Waals surface area contributed by atoms with Gasteiger partial charge in [-0.3, -0.25) is 9.20 Å². The van der Waals surface area contributed by atoms with E-state index in [1.165, 1.54) is 16.7 Å². The Morgan fingerprint density at radius 2 is 2.08 bits per heavy atom. The SMILES string of the molecule is O=C(OCc1cc(=O)n2cc(Cl)ccc2n1)c1c[nH]c2ccccc12. The van der Waals surface area contributed by atoms with Crippen LogP contribution in [-0.2, 0) is 11.3 Å². The standard InChI is InChI=1S/C18H12ClN3O3/c19-11-5-6-16-21-12(7-17(23)22(16)9-11)10-25-18(24)14-8-20-15-4-2-1-3-13(14)15/h1-9,20H,10H2. The molecule has 4 rings (SSSR count). The molecule has 1 aromatic carbocycles. The van der Waals surface area contributed by atoms with Crippen molar-refractivity contribution in [3.8, 4) is 0 Å². The fourth-order valence-corrected chi connectivity index (χ4v) is 2.82. The fourth-order valence-electron chi connectivity index (χ4n) is 2.66. The lowest BCUT2D eigenvalue weighted by molar-refractivity contribution is 0.0470. The van der Waals surface area contributed by atoms with Crippen LogP contribution in [0.25, 0.3) is 16.6 Å². The van der Waals surface area contributed by atoms with Crippen molar-refractivity contribution in [2.75, 3.05) is 0 Å². The van der Waals surface area contributed by atoms with E-state index < -0.39 is 5.97 Å². The summed E-state index contributed by atoms with van der Waals surface area (Å²) in [6.07, 6.45) is 3.10. The first-order valence-electron chi connectivity index (χ1n) is 7.53. The number of ether oxygens (including phenoxy) is 1. The van der Waals surface area contributed by atoms with Crippen molar-refractivity contribution >= 4 is 34.1 Å². The molecule has 6 nitrogen and oxygen atoms in total. The largest absolute Gasteiger partial charge is 0.456 e. The Bertz CT molecular complexity index is 1160. The van der Waals surface area contributed by atoms with Crippen LogP contribution in [0.15, 0.2) is 59.7 Å². The van der Waals surface area contributed by atoms with Gasteiger partial charge in [-0.1, -0.05) is 29.8 Å². The number of hydrogen-bond donors (Lipinski definition) is 1. The minimum absolute atomic E-state index is 0.0906. The van der Waals surface area contributed by atoms with Gasteiger partial charge in [0.05, 0.1) is 16.3 Å². The van der Waals surface area contributed by atoms with E-state index in [1.807, 2.05) is 24.3 Å². The van der Waals surface area contributed by atoms with Crippen molar-refractivity contribution in [3.63, 3.8) is 0 Å². The Kier molecular flexibility index (Phi) is 3.74. The van der Waals surface area contributed by atoms with E-state index in [0.29, 0.717) is 21.9 Å². The number of carbonyl (C=O) groups is 1. The van der Waals surface area contributed by atoms with E-state index in [-0.39, 0.29) is 12.2 Å². The third kappa shape index (κ3) is 2.88. The van der Waals surface area contributed by atoms with Gasteiger partial charge in [-0.05, 0) is 18.2 Å². The lowest BCUT2D eigenvalue weighted by Gasteiger charge is -2.06. The Labute approximate surface area is 146 Å². The van der Waals surface area contributed by atoms with Gasteiger partial charge in [0.15, 0.2) is 0 Å². The molecule has 124 valence electrons. The normalized spacial score (nSPS) is 11.1. The van der Waals surface area contributed by atoms with Crippen LogP contribution in [0, 0.1) is 0 Å². The summed E-state index contributed by atoms with van der Waals surface area (Å²) in [5, 5.41) is 1.23. The number of rotatable bonds is 3. The van der Waals surface area contributed by atoms with Crippen molar-refractivity contribution in [1.29, 1.82) is 0 Å². The summed E-state index contributed by atoms with van der Waals surface area (Å²) in [5.41, 5.74) is 1.83. The molecule has 0 saturated carbocycles. The summed E-state index contributed by atoms with van der Waals surface area (Å²) in [7, 11) is 0. The molecule has 0 spiro atoms. The monoisotopic (exact) mass is 353 g/mol. The first kappa shape index (κ1) is 15.4. The van der Waals surface area contributed by atoms with Gasteiger partial charge in [-0.2, -0.15) is 0 Å². The van der Waals surface area contributed by atoms with Crippen LogP contribution in [0.4, 0.5) is 0 Å². The van der Waals surface area contributed by atoms with E-state index in [0.717, 1.165) is 10.9 Å². The number of benzene rings is 1. The fraction of sp³-hybridized carbons (Fsp3) is 0.0556. The number of nitrogens with one attached hydrogen (secondary N) is 1. The number of carbonyl (C=O) groups excluding carboxylic acids is 1. The molecular formula is C18H12ClN3O3. The average Bonchev–Trinajstić information content (AvgIpc) is 3.04. The second-order valence-electron chi connectivity index (χ2n) is 5.49. The molecule has 0 fully saturated rings. The van der Waals surface area contributed by atoms with Gasteiger partial charge >= 0.3 is 5.97 Å². The van der Waals surface area contributed by atoms with Crippen molar-refractivity contribution in [1.82, 2.24) is 14.4 Å². The molecule has 0 aliphatic carbocycles. The minimum atomic E-state index is -0.476. The number of hydrogen-bond acceptors (Lipinski definition) is 4. The van der Waals surface area contributed by atoms with E-state index >= 15 is 0 Å². The first-order valence-corrected chi connectivity index (χ1v) is 7.91. The van der Waals surface area contributed by atoms with E-state index in [4.69, 9.17) is 16.3 Å². The van der Waals surface area contributed by atoms with E-state index in [9.17, 15) is 9.59 Å². The summed E-state index contributed by atoms with van der Waals surface area (Å²) >= 11 is 5.88. The molecule has 3 heterocycles. The number of esters is 1. The lowest BCUT2D eigenvalue weighted by atomic mass is 10.2. The van der Waals surface area contributed by atoms with Crippen molar-refractivity contribution in [2.24, 2.45) is 0 Å². The summed E-state index contributed by atoms with van der Waals surface area (Å²) in [6, 6.07) is 12.1. The van der Waals surface area contributed by atoms with Crippen LogP contribution in [0.3, 0.4) is 0 Å². The van der Waals surface area contributed by atoms with Crippen molar-refractivity contribution in [3.05, 3.63) is 81.5 Å². The van der Waals surface area contributed by atoms with Crippen LogP contribution in [0.5, 0.6) is 0 Å². The van der Waals surface area contributed by atoms with Gasteiger partial charge in [-0.25, -0.2) is 9.78 Å². The Morgan fingerprint density at radius 3 is 2.96 bits per heavy atom. The molecule has 25 heavy (non-hydrogen) atoms. The quantitative estimate of drug-likeness (QED) is 0.574. The maximum absolute atomic E-state index is 12.3. The molecule has 0 aliphatic rings. The van der Waals surface area contributed by atoms with E-state index in [1.54, 1.807) is 18.3 Å². The molecule has 1 N–H and O–H groups in total. The number of aromatic amines is 1. The number of halogens is 1. The van der Waals surface area contributed by atoms with Gasteiger partial charge in [0.25, 0.3) is 5.56 Å². The predicted octanol–water partition coefficient (Wildman–Crippen LogP) is 3.19. The van der Waals surface area contributed by atoms with Gasteiger partial charge in [0.2, 0.25) is 0 Å². The molecule has 0 atom stereocenters. The van der Waals surface area contributed by atoms with Crippen molar-refractivity contribution in [2.45, 2.75) is 6.61 Å². The summed E-state index contributed by atoms with van der Waals surface area (Å²) < 4.78 is 6.65. The Morgan fingerprint density at radius 1 is 1.24 bits per heavy atom. The molecular weight excluding hydrogens is 342 g/mol. The number of H-pyrrole nitrogens is 1. The molecule has 3 aromatic heterocycles. The second-order valence-corrected chi connectivity index (χ2v) is 5.92. The topological polar surface area (TPSA) is 76.5 Å². The van der Waals surface area contributed by atoms with Crippen LogP contribution >= 0.6 is 11.6 Å². The highest BCUT2D eigenvalue weighted by Gasteiger charge is 2.14. The number of fused-ring (bicyclic) bond motifs is 2. The highest BCUT2D eigenvalue weighted by molar-refractivity contribution is 6.30. The number of para-hydroxylation sites is 1. The summed E-state index contributed by atoms with van der Waals surface area (Å²) in [4.78, 5) is 31.8. The number of aromatic nitrogens is 3. The molecule has 0 radical (unpaired) electrons.